The molecule has 0 radical (unpaired) electrons. The second kappa shape index (κ2) is 3.72. The van der Waals surface area contributed by atoms with Crippen molar-refractivity contribution >= 4 is 28.2 Å². The molecule has 0 aliphatic heterocycles. The van der Waals surface area contributed by atoms with Crippen LogP contribution in [0.15, 0.2) is 18.3 Å². The molecule has 2 aromatic rings. The molecule has 5 heteroatoms. The summed E-state index contributed by atoms with van der Waals surface area (Å²) in [6.07, 6.45) is 1.63. The Balaban J connectivity index is 3.00. The lowest BCUT2D eigenvalue weighted by atomic mass is 10.1. The molecule has 4 nitrogen and oxygen atoms in total. The quantitative estimate of drug-likeness (QED) is 0.563. The van der Waals surface area contributed by atoms with Gasteiger partial charge >= 0.3 is 0 Å². The van der Waals surface area contributed by atoms with E-state index < -0.39 is 4.92 Å². The van der Waals surface area contributed by atoms with Gasteiger partial charge in [-0.2, -0.15) is 0 Å². The van der Waals surface area contributed by atoms with Crippen LogP contribution in [0.3, 0.4) is 0 Å². The van der Waals surface area contributed by atoms with Crippen molar-refractivity contribution in [1.29, 1.82) is 0 Å². The number of rotatable bonds is 1. The number of benzene rings is 1. The van der Waals surface area contributed by atoms with Crippen molar-refractivity contribution < 1.29 is 4.92 Å². The smallest absolute Gasteiger partial charge is 0.258 e. The number of non-ortho nitro benzene ring substituents is 1. The van der Waals surface area contributed by atoms with Crippen molar-refractivity contribution in [2.24, 2.45) is 0 Å². The Morgan fingerprint density at radius 2 is 2.00 bits per heavy atom. The molecule has 0 bridgehead atoms. The molecule has 0 saturated carbocycles. The van der Waals surface area contributed by atoms with E-state index in [0.717, 1.165) is 11.1 Å². The van der Waals surface area contributed by atoms with Crippen LogP contribution in [0.5, 0.6) is 0 Å². The lowest BCUT2D eigenvalue weighted by Gasteiger charge is -2.06. The topological polar surface area (TPSA) is 56.0 Å². The highest BCUT2D eigenvalue weighted by atomic mass is 35.5. The summed E-state index contributed by atoms with van der Waals surface area (Å²) in [5.41, 5.74) is 2.21. The van der Waals surface area contributed by atoms with Crippen molar-refractivity contribution in [2.45, 2.75) is 13.8 Å². The molecule has 0 aliphatic carbocycles. The molecule has 16 heavy (non-hydrogen) atoms. The van der Waals surface area contributed by atoms with E-state index in [4.69, 9.17) is 11.6 Å². The third kappa shape index (κ3) is 1.51. The van der Waals surface area contributed by atoms with Crippen LogP contribution in [0.2, 0.25) is 5.02 Å². The number of aryl methyl sites for hydroxylation is 2. The van der Waals surface area contributed by atoms with Gasteiger partial charge in [0.25, 0.3) is 5.69 Å². The summed E-state index contributed by atoms with van der Waals surface area (Å²) in [4.78, 5) is 14.7. The van der Waals surface area contributed by atoms with Crippen LogP contribution in [-0.4, -0.2) is 9.91 Å². The summed E-state index contributed by atoms with van der Waals surface area (Å²) in [5.74, 6) is 0. The van der Waals surface area contributed by atoms with Crippen LogP contribution in [0, 0.1) is 24.0 Å². The highest BCUT2D eigenvalue weighted by Crippen LogP contribution is 2.34. The number of hydrogen-bond acceptors (Lipinski definition) is 3. The third-order valence-corrected chi connectivity index (χ3v) is 2.99. The number of nitro groups is 1. The normalized spacial score (nSPS) is 10.7. The highest BCUT2D eigenvalue weighted by molar-refractivity contribution is 6.37. The van der Waals surface area contributed by atoms with E-state index >= 15 is 0 Å². The van der Waals surface area contributed by atoms with Gasteiger partial charge in [0.15, 0.2) is 0 Å². The Bertz CT molecular complexity index is 596. The van der Waals surface area contributed by atoms with Crippen molar-refractivity contribution in [3.63, 3.8) is 0 Å². The maximum absolute atomic E-state index is 10.9. The van der Waals surface area contributed by atoms with Gasteiger partial charge in [0.2, 0.25) is 0 Å². The predicted molar refractivity (Wildman–Crippen MR) is 62.9 cm³/mol. The van der Waals surface area contributed by atoms with Gasteiger partial charge in [0.05, 0.1) is 20.8 Å². The minimum absolute atomic E-state index is 0.00167. The molecule has 1 aromatic carbocycles. The predicted octanol–water partition coefficient (Wildman–Crippen LogP) is 3.41. The van der Waals surface area contributed by atoms with Crippen LogP contribution >= 0.6 is 11.6 Å². The highest BCUT2D eigenvalue weighted by Gasteiger charge is 2.17. The van der Waals surface area contributed by atoms with Gasteiger partial charge in [-0.25, -0.2) is 0 Å². The van der Waals surface area contributed by atoms with Gasteiger partial charge in [0, 0.05) is 12.3 Å². The number of nitro benzene ring substituents is 1. The first-order chi connectivity index (χ1) is 7.52. The summed E-state index contributed by atoms with van der Waals surface area (Å²) in [6, 6.07) is 3.14. The van der Waals surface area contributed by atoms with Crippen LogP contribution < -0.4 is 0 Å². The number of aromatic nitrogens is 1. The summed E-state index contributed by atoms with van der Waals surface area (Å²) in [5, 5.41) is 11.7. The number of fused-ring (bicyclic) bond motifs is 1. The molecule has 0 fully saturated rings. The average Bonchev–Trinajstić information content (AvgIpc) is 2.23. The molecule has 0 N–H and O–H groups in total. The molecular formula is C11H9ClN2O2. The molecule has 0 unspecified atom stereocenters. The molecule has 0 spiro atoms. The zero-order chi connectivity index (χ0) is 11.9. The number of pyridine rings is 1. The van der Waals surface area contributed by atoms with E-state index in [2.05, 4.69) is 4.98 Å². The molecule has 0 aliphatic rings. The van der Waals surface area contributed by atoms with E-state index in [9.17, 15) is 10.1 Å². The maximum atomic E-state index is 10.9. The molecular weight excluding hydrogens is 228 g/mol. The van der Waals surface area contributed by atoms with Crippen molar-refractivity contribution in [3.8, 4) is 0 Å². The number of halogens is 1. The van der Waals surface area contributed by atoms with Gasteiger partial charge in [-0.3, -0.25) is 15.1 Å². The van der Waals surface area contributed by atoms with Crippen LogP contribution in [0.4, 0.5) is 5.69 Å². The summed E-state index contributed by atoms with van der Waals surface area (Å²) in [7, 11) is 0. The SMILES string of the molecule is Cc1cnc2c(C)ccc([N+](=O)[O-])c2c1Cl. The van der Waals surface area contributed by atoms with Gasteiger partial charge in [-0.1, -0.05) is 17.7 Å². The van der Waals surface area contributed by atoms with Crippen molar-refractivity contribution in [1.82, 2.24) is 4.98 Å². The van der Waals surface area contributed by atoms with Crippen LogP contribution in [0.1, 0.15) is 11.1 Å². The molecule has 82 valence electrons. The number of nitrogens with zero attached hydrogens (tertiary/aromatic N) is 2. The van der Waals surface area contributed by atoms with Gasteiger partial charge in [0.1, 0.15) is 0 Å². The first-order valence-electron chi connectivity index (χ1n) is 4.71. The molecule has 0 saturated heterocycles. The third-order valence-electron chi connectivity index (χ3n) is 2.51. The van der Waals surface area contributed by atoms with E-state index in [1.807, 2.05) is 6.92 Å². The summed E-state index contributed by atoms with van der Waals surface area (Å²) >= 11 is 6.10. The zero-order valence-electron chi connectivity index (χ0n) is 8.82. The lowest BCUT2D eigenvalue weighted by Crippen LogP contribution is -1.94. The van der Waals surface area contributed by atoms with Crippen LogP contribution in [0.25, 0.3) is 10.9 Å². The Morgan fingerprint density at radius 1 is 1.31 bits per heavy atom. The first kappa shape index (κ1) is 10.8. The Hall–Kier alpha value is -1.68. The van der Waals surface area contributed by atoms with Crippen LogP contribution in [-0.2, 0) is 0 Å². The molecule has 1 aromatic heterocycles. The average molecular weight is 237 g/mol. The fraction of sp³-hybridized carbons (Fsp3) is 0.182. The Labute approximate surface area is 97.0 Å². The van der Waals surface area contributed by atoms with Gasteiger partial charge < -0.3 is 0 Å². The zero-order valence-corrected chi connectivity index (χ0v) is 9.58. The minimum Gasteiger partial charge on any atom is -0.258 e. The van der Waals surface area contributed by atoms with E-state index in [1.165, 1.54) is 6.07 Å². The monoisotopic (exact) mass is 236 g/mol. The van der Waals surface area contributed by atoms with Crippen molar-refractivity contribution in [2.75, 3.05) is 0 Å². The van der Waals surface area contributed by atoms with E-state index in [0.29, 0.717) is 15.9 Å². The summed E-state index contributed by atoms with van der Waals surface area (Å²) < 4.78 is 0. The standard InChI is InChI=1S/C11H9ClN2O2/c1-6-3-4-8(14(15)16)9-10(12)7(2)5-13-11(6)9/h3-5H,1-2H3. The lowest BCUT2D eigenvalue weighted by molar-refractivity contribution is -0.383. The largest absolute Gasteiger partial charge is 0.280 e. The molecule has 0 atom stereocenters. The molecule has 0 amide bonds. The first-order valence-corrected chi connectivity index (χ1v) is 5.09. The number of hydrogen-bond donors (Lipinski definition) is 0. The Morgan fingerprint density at radius 3 is 2.62 bits per heavy atom. The minimum atomic E-state index is -0.436. The second-order valence-electron chi connectivity index (χ2n) is 3.64. The summed E-state index contributed by atoms with van der Waals surface area (Å²) in [6.45, 7) is 3.63. The molecule has 1 heterocycles. The Kier molecular flexibility index (Phi) is 2.52. The second-order valence-corrected chi connectivity index (χ2v) is 4.02. The fourth-order valence-electron chi connectivity index (χ4n) is 1.63. The fourth-order valence-corrected chi connectivity index (χ4v) is 1.87. The van der Waals surface area contributed by atoms with E-state index in [-0.39, 0.29) is 5.69 Å². The van der Waals surface area contributed by atoms with Gasteiger partial charge in [-0.15, -0.1) is 0 Å². The van der Waals surface area contributed by atoms with Gasteiger partial charge in [-0.05, 0) is 25.0 Å². The maximum Gasteiger partial charge on any atom is 0.280 e. The van der Waals surface area contributed by atoms with E-state index in [1.54, 1.807) is 19.2 Å². The van der Waals surface area contributed by atoms with Crippen molar-refractivity contribution in [3.05, 3.63) is 44.6 Å². The molecule has 2 rings (SSSR count).